The topological polar surface area (TPSA) is 37.9 Å². The Balaban J connectivity index is 1.98. The van der Waals surface area contributed by atoms with Crippen LogP contribution in [-0.2, 0) is 6.18 Å². The molecule has 0 saturated carbocycles. The molecule has 8 heteroatoms. The third-order valence-electron chi connectivity index (χ3n) is 3.12. The third-order valence-corrected chi connectivity index (χ3v) is 3.40. The van der Waals surface area contributed by atoms with Gasteiger partial charge in [0.05, 0.1) is 21.6 Å². The van der Waals surface area contributed by atoms with Gasteiger partial charge in [-0.15, -0.1) is 0 Å². The minimum atomic E-state index is -4.69. The first-order valence-corrected chi connectivity index (χ1v) is 6.82. The maximum Gasteiger partial charge on any atom is 0.416 e. The van der Waals surface area contributed by atoms with Crippen LogP contribution in [-0.4, -0.2) is 9.97 Å². The molecule has 0 aliphatic heterocycles. The lowest BCUT2D eigenvalue weighted by molar-refractivity contribution is -0.137. The molecule has 0 radical (unpaired) electrons. The number of aromatic amines is 1. The van der Waals surface area contributed by atoms with Crippen LogP contribution in [0, 0.1) is 12.7 Å². The second-order valence-electron chi connectivity index (χ2n) is 4.87. The highest BCUT2D eigenvalue weighted by molar-refractivity contribution is 6.32. The van der Waals surface area contributed by atoms with E-state index in [1.807, 2.05) is 0 Å². The monoisotopic (exact) mass is 344 g/mol. The molecule has 0 saturated heterocycles. The summed E-state index contributed by atoms with van der Waals surface area (Å²) in [5.74, 6) is -0.737. The summed E-state index contributed by atoms with van der Waals surface area (Å²) in [5, 5.41) is -0.460. The number of aromatic nitrogens is 2. The molecule has 3 rings (SSSR count). The summed E-state index contributed by atoms with van der Waals surface area (Å²) in [6, 6.07) is 5.70. The van der Waals surface area contributed by atoms with Crippen LogP contribution in [0.5, 0.6) is 11.5 Å². The molecule has 2 aromatic carbocycles. The molecule has 1 heterocycles. The normalized spacial score (nSPS) is 11.9. The zero-order valence-corrected chi connectivity index (χ0v) is 12.4. The highest BCUT2D eigenvalue weighted by atomic mass is 35.5. The minimum Gasteiger partial charge on any atom is -0.453 e. The summed E-state index contributed by atoms with van der Waals surface area (Å²) in [7, 11) is 0. The summed E-state index contributed by atoms with van der Waals surface area (Å²) in [4.78, 5) is 7.18. The summed E-state index contributed by atoms with van der Waals surface area (Å²) in [5.41, 5.74) is 0.171. The summed E-state index contributed by atoms with van der Waals surface area (Å²) in [6.07, 6.45) is -4.69. The van der Waals surface area contributed by atoms with Crippen molar-refractivity contribution < 1.29 is 22.3 Å². The van der Waals surface area contributed by atoms with E-state index in [1.165, 1.54) is 6.07 Å². The zero-order valence-electron chi connectivity index (χ0n) is 11.6. The van der Waals surface area contributed by atoms with Gasteiger partial charge in [0, 0.05) is 6.07 Å². The van der Waals surface area contributed by atoms with E-state index in [1.54, 1.807) is 19.1 Å². The van der Waals surface area contributed by atoms with Crippen LogP contribution in [0.15, 0.2) is 30.3 Å². The van der Waals surface area contributed by atoms with E-state index in [0.29, 0.717) is 29.0 Å². The van der Waals surface area contributed by atoms with Crippen LogP contribution in [0.25, 0.3) is 11.0 Å². The maximum absolute atomic E-state index is 13.9. The number of benzene rings is 2. The number of fused-ring (bicyclic) bond motifs is 1. The number of hydrogen-bond acceptors (Lipinski definition) is 2. The molecule has 0 bridgehead atoms. The first-order valence-electron chi connectivity index (χ1n) is 6.44. The van der Waals surface area contributed by atoms with Gasteiger partial charge in [-0.2, -0.15) is 13.2 Å². The summed E-state index contributed by atoms with van der Waals surface area (Å²) >= 11 is 5.73. The van der Waals surface area contributed by atoms with Crippen molar-refractivity contribution in [1.82, 2.24) is 9.97 Å². The molecule has 0 unspecified atom stereocenters. The molecule has 0 amide bonds. The number of nitrogens with zero attached hydrogens (tertiary/aromatic N) is 1. The molecule has 0 spiro atoms. The molecular weight excluding hydrogens is 336 g/mol. The minimum absolute atomic E-state index is 0.224. The van der Waals surface area contributed by atoms with Crippen LogP contribution >= 0.6 is 11.6 Å². The van der Waals surface area contributed by atoms with Crippen molar-refractivity contribution in [2.24, 2.45) is 0 Å². The van der Waals surface area contributed by atoms with Gasteiger partial charge >= 0.3 is 6.18 Å². The van der Waals surface area contributed by atoms with Crippen molar-refractivity contribution >= 4 is 22.6 Å². The number of alkyl halides is 3. The van der Waals surface area contributed by atoms with Crippen LogP contribution in [0.3, 0.4) is 0 Å². The first kappa shape index (κ1) is 15.6. The molecule has 0 atom stereocenters. The van der Waals surface area contributed by atoms with Crippen molar-refractivity contribution in [2.45, 2.75) is 13.1 Å². The van der Waals surface area contributed by atoms with E-state index in [4.69, 9.17) is 16.3 Å². The Morgan fingerprint density at radius 3 is 2.57 bits per heavy atom. The highest BCUT2D eigenvalue weighted by Gasteiger charge is 2.32. The number of halogens is 5. The first-order chi connectivity index (χ1) is 10.7. The third kappa shape index (κ3) is 3.10. The molecule has 1 aromatic heterocycles. The maximum atomic E-state index is 13.9. The van der Waals surface area contributed by atoms with Gasteiger partial charge in [-0.1, -0.05) is 11.6 Å². The average Bonchev–Trinajstić information content (AvgIpc) is 2.80. The largest absolute Gasteiger partial charge is 0.453 e. The van der Waals surface area contributed by atoms with Gasteiger partial charge < -0.3 is 9.72 Å². The fourth-order valence-corrected chi connectivity index (χ4v) is 2.37. The smallest absolute Gasteiger partial charge is 0.416 e. The lowest BCUT2D eigenvalue weighted by Crippen LogP contribution is -2.06. The Bertz CT molecular complexity index is 866. The molecule has 3 nitrogen and oxygen atoms in total. The van der Waals surface area contributed by atoms with E-state index in [0.717, 1.165) is 0 Å². The molecule has 1 N–H and O–H groups in total. The molecule has 0 fully saturated rings. The van der Waals surface area contributed by atoms with E-state index in [2.05, 4.69) is 9.97 Å². The van der Waals surface area contributed by atoms with Gasteiger partial charge in [-0.3, -0.25) is 0 Å². The van der Waals surface area contributed by atoms with Crippen molar-refractivity contribution in [2.75, 3.05) is 0 Å². The van der Waals surface area contributed by atoms with Gasteiger partial charge in [0.25, 0.3) is 0 Å². The number of imidazole rings is 1. The number of ether oxygens (including phenoxy) is 1. The highest BCUT2D eigenvalue weighted by Crippen LogP contribution is 2.38. The summed E-state index contributed by atoms with van der Waals surface area (Å²) < 4.78 is 57.0. The summed E-state index contributed by atoms with van der Waals surface area (Å²) in [6.45, 7) is 1.77. The Morgan fingerprint density at radius 2 is 1.91 bits per heavy atom. The van der Waals surface area contributed by atoms with Crippen LogP contribution < -0.4 is 4.74 Å². The molecule has 120 valence electrons. The van der Waals surface area contributed by atoms with Crippen molar-refractivity contribution in [1.29, 1.82) is 0 Å². The van der Waals surface area contributed by atoms with E-state index < -0.39 is 28.3 Å². The lowest BCUT2D eigenvalue weighted by Gasteiger charge is -2.12. The molecule has 0 aliphatic rings. The molecule has 0 aliphatic carbocycles. The number of nitrogens with one attached hydrogen (secondary N) is 1. The van der Waals surface area contributed by atoms with Gasteiger partial charge in [0.15, 0.2) is 11.6 Å². The zero-order chi connectivity index (χ0) is 16.8. The lowest BCUT2D eigenvalue weighted by atomic mass is 10.2. The predicted molar refractivity (Wildman–Crippen MR) is 77.3 cm³/mol. The van der Waals surface area contributed by atoms with Gasteiger partial charge in [-0.05, 0) is 31.2 Å². The SMILES string of the molecule is Cc1nc2ccc(Oc3c(F)cc(C(F)(F)F)cc3Cl)cc2[nH]1. The average molecular weight is 345 g/mol. The molecule has 23 heavy (non-hydrogen) atoms. The number of hydrogen-bond donors (Lipinski definition) is 1. The predicted octanol–water partition coefficient (Wildman–Crippen LogP) is 5.47. The standard InChI is InChI=1S/C15H9ClF4N2O/c1-7-21-12-3-2-9(6-13(12)22-7)23-14-10(16)4-8(5-11(14)17)15(18,19)20/h2-6H,1H3,(H,21,22). The number of H-pyrrole nitrogens is 1. The number of aryl methyl sites for hydroxylation is 1. The second kappa shape index (κ2) is 5.42. The Kier molecular flexibility index (Phi) is 3.68. The van der Waals surface area contributed by atoms with Crippen LogP contribution in [0.2, 0.25) is 5.02 Å². The Morgan fingerprint density at radius 1 is 1.17 bits per heavy atom. The van der Waals surface area contributed by atoms with Gasteiger partial charge in [0.2, 0.25) is 0 Å². The fraction of sp³-hybridized carbons (Fsp3) is 0.133. The quantitative estimate of drug-likeness (QED) is 0.625. The Labute approximate surface area is 132 Å². The van der Waals surface area contributed by atoms with Gasteiger partial charge in [0.1, 0.15) is 11.6 Å². The van der Waals surface area contributed by atoms with Crippen molar-refractivity contribution in [3.63, 3.8) is 0 Å². The van der Waals surface area contributed by atoms with Gasteiger partial charge in [-0.25, -0.2) is 9.37 Å². The van der Waals surface area contributed by atoms with Crippen molar-refractivity contribution in [3.8, 4) is 11.5 Å². The van der Waals surface area contributed by atoms with E-state index >= 15 is 0 Å². The molecular formula is C15H9ClF4N2O. The van der Waals surface area contributed by atoms with Crippen LogP contribution in [0.1, 0.15) is 11.4 Å². The van der Waals surface area contributed by atoms with E-state index in [-0.39, 0.29) is 5.75 Å². The fourth-order valence-electron chi connectivity index (χ4n) is 2.12. The Hall–Kier alpha value is -2.28. The second-order valence-corrected chi connectivity index (χ2v) is 5.28. The molecule has 3 aromatic rings. The van der Waals surface area contributed by atoms with Crippen LogP contribution in [0.4, 0.5) is 17.6 Å². The van der Waals surface area contributed by atoms with E-state index in [9.17, 15) is 17.6 Å². The van der Waals surface area contributed by atoms with Crippen molar-refractivity contribution in [3.05, 3.63) is 52.6 Å². The number of rotatable bonds is 2.